The van der Waals surface area contributed by atoms with Crippen molar-refractivity contribution >= 4 is 17.6 Å². The van der Waals surface area contributed by atoms with Crippen LogP contribution in [0.25, 0.3) is 0 Å². The van der Waals surface area contributed by atoms with Gasteiger partial charge in [0.1, 0.15) is 17.8 Å². The third-order valence-corrected chi connectivity index (χ3v) is 6.77. The van der Waals surface area contributed by atoms with Crippen LogP contribution in [0.4, 0.5) is 5.82 Å². The molecule has 4 rings (SSSR count). The number of hydrogen-bond donors (Lipinski definition) is 4. The van der Waals surface area contributed by atoms with Gasteiger partial charge in [-0.2, -0.15) is 0 Å². The van der Waals surface area contributed by atoms with Crippen molar-refractivity contribution in [2.75, 3.05) is 32.0 Å². The first-order valence-electron chi connectivity index (χ1n) is 12.1. The Morgan fingerprint density at radius 2 is 1.91 bits per heavy atom. The highest BCUT2D eigenvalue weighted by Crippen LogP contribution is 2.26. The average molecular weight is 467 g/mol. The summed E-state index contributed by atoms with van der Waals surface area (Å²) in [6.45, 7) is 2.37. The molecule has 2 aromatic rings. The van der Waals surface area contributed by atoms with Gasteiger partial charge >= 0.3 is 0 Å². The zero-order valence-corrected chi connectivity index (χ0v) is 19.7. The normalized spacial score (nSPS) is 21.2. The fourth-order valence-electron chi connectivity index (χ4n) is 4.85. The van der Waals surface area contributed by atoms with E-state index in [1.807, 2.05) is 6.07 Å². The van der Waals surface area contributed by atoms with E-state index in [9.17, 15) is 14.7 Å². The number of carbonyl (C=O) groups is 2. The van der Waals surface area contributed by atoms with Crippen LogP contribution in [0.5, 0.6) is 0 Å². The van der Waals surface area contributed by atoms with Crippen LogP contribution in [0.15, 0.2) is 36.7 Å². The van der Waals surface area contributed by atoms with Crippen molar-refractivity contribution in [3.63, 3.8) is 0 Å². The molecule has 1 aromatic carbocycles. The van der Waals surface area contributed by atoms with Crippen LogP contribution in [-0.2, 0) is 17.8 Å². The van der Waals surface area contributed by atoms with Gasteiger partial charge in [-0.25, -0.2) is 9.97 Å². The number of anilines is 1. The third-order valence-electron chi connectivity index (χ3n) is 6.77. The summed E-state index contributed by atoms with van der Waals surface area (Å²) in [4.78, 5) is 34.9. The van der Waals surface area contributed by atoms with E-state index in [-0.39, 0.29) is 36.0 Å². The minimum atomic E-state index is -0.663. The number of nitrogens with one attached hydrogen (secondary N) is 3. The van der Waals surface area contributed by atoms with Crippen LogP contribution in [0.2, 0.25) is 0 Å². The molecule has 1 aliphatic heterocycles. The van der Waals surface area contributed by atoms with Crippen molar-refractivity contribution in [1.82, 2.24) is 25.5 Å². The Morgan fingerprint density at radius 3 is 2.68 bits per heavy atom. The molecule has 1 fully saturated rings. The Balaban J connectivity index is 1.22. The predicted molar refractivity (Wildman–Crippen MR) is 129 cm³/mol. The summed E-state index contributed by atoms with van der Waals surface area (Å²) in [5.41, 5.74) is 2.93. The quantitative estimate of drug-likeness (QED) is 0.464. The molecule has 2 aliphatic rings. The number of β-amino-alcohol motifs (C(OH)–C–C–N with tert-alkyl or cyclic N) is 1. The zero-order chi connectivity index (χ0) is 23.9. The lowest BCUT2D eigenvalue weighted by molar-refractivity contribution is -0.125. The molecule has 34 heavy (non-hydrogen) atoms. The Kier molecular flexibility index (Phi) is 8.08. The van der Waals surface area contributed by atoms with Crippen molar-refractivity contribution in [3.05, 3.63) is 53.5 Å². The van der Waals surface area contributed by atoms with Crippen molar-refractivity contribution in [3.8, 4) is 0 Å². The SMILES string of the molecule is CNC(=O)[C@H]1CC[C@@H](Nc2cc(C(=O)NCC(O)CN3CCc4ccccc4C3)ncn2)CC1. The maximum Gasteiger partial charge on any atom is 0.270 e. The maximum atomic E-state index is 12.6. The second kappa shape index (κ2) is 11.4. The van der Waals surface area contributed by atoms with E-state index in [0.29, 0.717) is 12.4 Å². The van der Waals surface area contributed by atoms with Crippen LogP contribution in [0, 0.1) is 5.92 Å². The number of amides is 2. The molecule has 4 N–H and O–H groups in total. The number of carbonyl (C=O) groups excluding carboxylic acids is 2. The Morgan fingerprint density at radius 1 is 1.15 bits per heavy atom. The van der Waals surface area contributed by atoms with Gasteiger partial charge in [0.15, 0.2) is 0 Å². The molecular weight excluding hydrogens is 432 g/mol. The molecule has 1 atom stereocenters. The van der Waals surface area contributed by atoms with E-state index in [0.717, 1.165) is 45.2 Å². The second-order valence-electron chi connectivity index (χ2n) is 9.21. The number of fused-ring (bicyclic) bond motifs is 1. The van der Waals surface area contributed by atoms with Crippen molar-refractivity contribution < 1.29 is 14.7 Å². The summed E-state index contributed by atoms with van der Waals surface area (Å²) in [7, 11) is 1.67. The fourth-order valence-corrected chi connectivity index (χ4v) is 4.85. The largest absolute Gasteiger partial charge is 0.390 e. The van der Waals surface area contributed by atoms with Gasteiger partial charge in [-0.1, -0.05) is 24.3 Å². The first-order chi connectivity index (χ1) is 16.5. The zero-order valence-electron chi connectivity index (χ0n) is 19.7. The van der Waals surface area contributed by atoms with Gasteiger partial charge in [-0.3, -0.25) is 14.5 Å². The number of aliphatic hydroxyl groups excluding tert-OH is 1. The fraction of sp³-hybridized carbons (Fsp3) is 0.520. The topological polar surface area (TPSA) is 119 Å². The second-order valence-corrected chi connectivity index (χ2v) is 9.21. The van der Waals surface area contributed by atoms with Gasteiger partial charge in [0, 0.05) is 51.3 Å². The molecule has 182 valence electrons. The average Bonchev–Trinajstić information content (AvgIpc) is 2.87. The van der Waals surface area contributed by atoms with Gasteiger partial charge in [-0.05, 0) is 43.2 Å². The van der Waals surface area contributed by atoms with Crippen molar-refractivity contribution in [1.29, 1.82) is 0 Å². The Labute approximate surface area is 200 Å². The highest BCUT2D eigenvalue weighted by atomic mass is 16.3. The number of aliphatic hydroxyl groups is 1. The molecule has 0 bridgehead atoms. The van der Waals surface area contributed by atoms with Gasteiger partial charge in [0.05, 0.1) is 6.10 Å². The molecule has 0 spiro atoms. The van der Waals surface area contributed by atoms with Crippen molar-refractivity contribution in [2.24, 2.45) is 5.92 Å². The molecule has 0 saturated heterocycles. The molecule has 2 amide bonds. The summed E-state index contributed by atoms with van der Waals surface area (Å²) < 4.78 is 0. The van der Waals surface area contributed by atoms with E-state index in [1.54, 1.807) is 13.1 Å². The Hall–Kier alpha value is -3.04. The summed E-state index contributed by atoms with van der Waals surface area (Å²) >= 11 is 0. The van der Waals surface area contributed by atoms with Crippen LogP contribution < -0.4 is 16.0 Å². The minimum Gasteiger partial charge on any atom is -0.390 e. The number of hydrogen-bond acceptors (Lipinski definition) is 7. The van der Waals surface area contributed by atoms with Gasteiger partial charge in [0.2, 0.25) is 5.91 Å². The monoisotopic (exact) mass is 466 g/mol. The first kappa shape index (κ1) is 24.1. The molecule has 1 aliphatic carbocycles. The molecule has 1 aromatic heterocycles. The lowest BCUT2D eigenvalue weighted by Crippen LogP contribution is -2.42. The number of nitrogens with zero attached hydrogens (tertiary/aromatic N) is 3. The van der Waals surface area contributed by atoms with Crippen molar-refractivity contribution in [2.45, 2.75) is 50.8 Å². The minimum absolute atomic E-state index is 0.0703. The molecule has 9 nitrogen and oxygen atoms in total. The van der Waals surface area contributed by atoms with Gasteiger partial charge in [0.25, 0.3) is 5.91 Å². The predicted octanol–water partition coefficient (Wildman–Crippen LogP) is 1.34. The van der Waals surface area contributed by atoms with Crippen LogP contribution in [0.3, 0.4) is 0 Å². The molecule has 1 saturated carbocycles. The maximum absolute atomic E-state index is 12.6. The number of rotatable bonds is 8. The number of benzene rings is 1. The highest BCUT2D eigenvalue weighted by molar-refractivity contribution is 5.92. The van der Waals surface area contributed by atoms with E-state index in [2.05, 4.69) is 49.0 Å². The highest BCUT2D eigenvalue weighted by Gasteiger charge is 2.26. The molecule has 1 unspecified atom stereocenters. The Bertz CT molecular complexity index is 992. The van der Waals surface area contributed by atoms with E-state index in [4.69, 9.17) is 0 Å². The lowest BCUT2D eigenvalue weighted by atomic mass is 9.85. The summed E-state index contributed by atoms with van der Waals surface area (Å²) in [6, 6.07) is 10.2. The standard InChI is InChI=1S/C25H34N6O3/c1-26-24(33)18-6-8-20(9-7-18)30-23-12-22(28-16-29-23)25(34)27-13-21(32)15-31-11-10-17-4-2-3-5-19(17)14-31/h2-5,12,16,18,20-21,32H,6-11,13-15H2,1H3,(H,26,33)(H,27,34)(H,28,29,30)/t18-,20+,21?. The molecule has 2 heterocycles. The smallest absolute Gasteiger partial charge is 0.270 e. The third kappa shape index (κ3) is 6.30. The van der Waals surface area contributed by atoms with Crippen LogP contribution in [0.1, 0.15) is 47.3 Å². The number of aromatic nitrogens is 2. The molecular formula is C25H34N6O3. The molecule has 0 radical (unpaired) electrons. The van der Waals surface area contributed by atoms with E-state index < -0.39 is 6.10 Å². The summed E-state index contributed by atoms with van der Waals surface area (Å²) in [5.74, 6) is 0.431. The van der Waals surface area contributed by atoms with Crippen LogP contribution in [-0.4, -0.2) is 70.6 Å². The summed E-state index contributed by atoms with van der Waals surface area (Å²) in [6.07, 6.45) is 5.08. The van der Waals surface area contributed by atoms with E-state index >= 15 is 0 Å². The van der Waals surface area contributed by atoms with Crippen LogP contribution >= 0.6 is 0 Å². The van der Waals surface area contributed by atoms with Gasteiger partial charge < -0.3 is 21.1 Å². The lowest BCUT2D eigenvalue weighted by Gasteiger charge is -2.30. The van der Waals surface area contributed by atoms with Gasteiger partial charge in [-0.15, -0.1) is 0 Å². The molecule has 9 heteroatoms. The summed E-state index contributed by atoms with van der Waals surface area (Å²) in [5, 5.41) is 19.3. The first-order valence-corrected chi connectivity index (χ1v) is 12.1. The van der Waals surface area contributed by atoms with E-state index in [1.165, 1.54) is 17.5 Å².